The van der Waals surface area contributed by atoms with Crippen LogP contribution in [0.15, 0.2) is 48.4 Å². The van der Waals surface area contributed by atoms with Gasteiger partial charge in [0.15, 0.2) is 0 Å². The Morgan fingerprint density at radius 2 is 0.654 bits per heavy atom. The number of hydrogen-bond donors (Lipinski definition) is 3. The van der Waals surface area contributed by atoms with Crippen LogP contribution in [-0.4, -0.2) is 87.1 Å². The molecule has 0 saturated carbocycles. The summed E-state index contributed by atoms with van der Waals surface area (Å²) in [5, 5.41) is 41.2. The number of rotatable bonds is 9. The van der Waals surface area contributed by atoms with Crippen LogP contribution < -0.4 is 31.3 Å². The maximum Gasteiger partial charge on any atom is 3.00 e. The Bertz CT molecular complexity index is 1510. The Balaban J connectivity index is 0.000000743. The maximum atomic E-state index is 11.8. The minimum Gasteiger partial charge on any atom is -0.545 e. The zero-order valence-corrected chi connectivity index (χ0v) is 34.0. The molecule has 16 heteroatoms. The van der Waals surface area contributed by atoms with E-state index in [0.29, 0.717) is 34.2 Å². The fourth-order valence-electron chi connectivity index (χ4n) is 4.33. The Morgan fingerprint density at radius 3 is 0.769 bits per heavy atom. The number of amides is 3. The molecule has 0 fully saturated rings. The van der Waals surface area contributed by atoms with Crippen molar-refractivity contribution in [3.8, 4) is 0 Å². The van der Waals surface area contributed by atoms with Crippen molar-refractivity contribution in [3.63, 3.8) is 0 Å². The summed E-state index contributed by atoms with van der Waals surface area (Å²) in [6.45, 7) is 25.9. The van der Waals surface area contributed by atoms with Gasteiger partial charge in [-0.05, 0) is 114 Å². The van der Waals surface area contributed by atoms with E-state index in [2.05, 4.69) is 30.9 Å². The van der Waals surface area contributed by atoms with Gasteiger partial charge < -0.3 is 45.7 Å². The summed E-state index contributed by atoms with van der Waals surface area (Å²) in [5.74, 6) is -3.40. The average Bonchev–Trinajstić information content (AvgIpc) is 3.65. The first-order valence-electron chi connectivity index (χ1n) is 16.5. The van der Waals surface area contributed by atoms with E-state index >= 15 is 0 Å². The Kier molecular flexibility index (Phi) is 16.4. The van der Waals surface area contributed by atoms with E-state index in [1.807, 2.05) is 41.5 Å². The maximum absolute atomic E-state index is 11.8. The molecule has 0 aromatic heterocycles. The Hall–Kier alpha value is -4.42. The molecule has 0 aromatic carbocycles. The van der Waals surface area contributed by atoms with Gasteiger partial charge in [-0.25, -0.2) is 0 Å². The molecule has 3 aliphatic rings. The number of aliphatic carboxylic acids is 3. The summed E-state index contributed by atoms with van der Waals surface area (Å²) in [6, 6.07) is 0. The zero-order valence-electron chi connectivity index (χ0n) is 32.8. The Morgan fingerprint density at radius 1 is 0.481 bits per heavy atom. The van der Waals surface area contributed by atoms with Gasteiger partial charge in [-0.15, -0.1) is 0 Å². The molecule has 15 nitrogen and oxygen atoms in total. The molecule has 0 radical (unpaired) electrons. The number of carboxylic acids is 3. The van der Waals surface area contributed by atoms with Crippen molar-refractivity contribution in [3.05, 3.63) is 33.4 Å². The second kappa shape index (κ2) is 17.9. The number of hydrogen-bond acceptors (Lipinski definition) is 12. The molecule has 3 unspecified atom stereocenters. The predicted molar refractivity (Wildman–Crippen MR) is 192 cm³/mol. The first-order valence-corrected chi connectivity index (χ1v) is 16.5. The summed E-state index contributed by atoms with van der Waals surface area (Å²) >= 11 is 0. The van der Waals surface area contributed by atoms with Crippen LogP contribution in [0, 0.1) is 17.8 Å². The first kappa shape index (κ1) is 47.6. The topological polar surface area (TPSA) is 245 Å². The van der Waals surface area contributed by atoms with E-state index < -0.39 is 34.5 Å². The molecule has 3 amide bonds. The summed E-state index contributed by atoms with van der Waals surface area (Å²) in [5.41, 5.74) is -0.742. The van der Waals surface area contributed by atoms with Gasteiger partial charge in [0.25, 0.3) is 17.7 Å². The van der Waals surface area contributed by atoms with E-state index in [1.165, 1.54) is 20.8 Å². The molecular formula is C36H51AlN6O9. The number of carboxylic acid groups (broad SMARTS) is 3. The number of nitrogens with one attached hydrogen (secondary N) is 3. The van der Waals surface area contributed by atoms with E-state index in [0.717, 1.165) is 0 Å². The van der Waals surface area contributed by atoms with Crippen molar-refractivity contribution in [2.45, 2.75) is 120 Å². The van der Waals surface area contributed by atoms with Gasteiger partial charge >= 0.3 is 17.4 Å². The van der Waals surface area contributed by atoms with E-state index in [1.54, 1.807) is 41.5 Å². The van der Waals surface area contributed by atoms with E-state index in [-0.39, 0.29) is 69.6 Å². The van der Waals surface area contributed by atoms with Crippen LogP contribution in [0.4, 0.5) is 0 Å². The Labute approximate surface area is 316 Å². The third kappa shape index (κ3) is 10.1. The zero-order chi connectivity index (χ0) is 40.1. The summed E-state index contributed by atoms with van der Waals surface area (Å²) < 4.78 is 0. The smallest absolute Gasteiger partial charge is 0.545 e. The average molecular weight is 739 g/mol. The molecule has 0 bridgehead atoms. The number of carbonyl (C=O) groups excluding carboxylic acids is 6. The molecule has 3 heterocycles. The largest absolute Gasteiger partial charge is 3.00 e. The first-order chi connectivity index (χ1) is 23.1. The van der Waals surface area contributed by atoms with Crippen LogP contribution in [-0.2, 0) is 28.8 Å². The third-order valence-electron chi connectivity index (χ3n) is 10.2. The predicted octanol–water partition coefficient (Wildman–Crippen LogP) is -0.334. The monoisotopic (exact) mass is 738 g/mol. The van der Waals surface area contributed by atoms with Crippen LogP contribution in [0.5, 0.6) is 0 Å². The molecule has 0 spiro atoms. The summed E-state index contributed by atoms with van der Waals surface area (Å²) in [4.78, 5) is 79.3. The van der Waals surface area contributed by atoms with Gasteiger partial charge in [0.05, 0.1) is 17.9 Å². The molecule has 0 aromatic rings. The molecule has 282 valence electrons. The number of aliphatic imine (C=N–C) groups is 3. The van der Waals surface area contributed by atoms with Gasteiger partial charge in [-0.1, -0.05) is 41.5 Å². The van der Waals surface area contributed by atoms with Crippen molar-refractivity contribution in [1.82, 2.24) is 16.0 Å². The van der Waals surface area contributed by atoms with Crippen LogP contribution in [0.3, 0.4) is 0 Å². The molecule has 3 N–H and O–H groups in total. The van der Waals surface area contributed by atoms with Crippen molar-refractivity contribution in [2.24, 2.45) is 32.7 Å². The summed E-state index contributed by atoms with van der Waals surface area (Å²) in [6.07, 6.45) is 0. The van der Waals surface area contributed by atoms with Crippen LogP contribution >= 0.6 is 0 Å². The van der Waals surface area contributed by atoms with E-state index in [9.17, 15) is 44.1 Å². The van der Waals surface area contributed by atoms with Gasteiger partial charge in [-0.2, -0.15) is 15.0 Å². The molecular weight excluding hydrogens is 687 g/mol. The van der Waals surface area contributed by atoms with Gasteiger partial charge in [0.1, 0.15) is 34.1 Å². The standard InChI is InChI=1S/3C12H18N2O3.Al/c3*1-6(2)12(5)11(17)13-9(14-12)7(3)8(4)10(15)16;/h3*6H,1-5H3,(H,15,16)(H,13,14,17);/q;;;+3/p-3/b8-7-;;;. The molecule has 3 aliphatic heterocycles. The summed E-state index contributed by atoms with van der Waals surface area (Å²) in [7, 11) is 0. The fourth-order valence-corrected chi connectivity index (χ4v) is 4.33. The van der Waals surface area contributed by atoms with E-state index in [4.69, 9.17) is 0 Å². The minimum atomic E-state index is -1.25. The second-order valence-corrected chi connectivity index (χ2v) is 14.4. The minimum absolute atomic E-state index is 0. The third-order valence-corrected chi connectivity index (χ3v) is 10.2. The second-order valence-electron chi connectivity index (χ2n) is 14.4. The van der Waals surface area contributed by atoms with Crippen LogP contribution in [0.1, 0.15) is 104 Å². The molecule has 52 heavy (non-hydrogen) atoms. The van der Waals surface area contributed by atoms with Crippen LogP contribution in [0.2, 0.25) is 0 Å². The molecule has 0 saturated heterocycles. The number of amidine groups is 3. The van der Waals surface area contributed by atoms with Crippen molar-refractivity contribution < 1.29 is 44.1 Å². The molecule has 3 atom stereocenters. The fraction of sp³-hybridized carbons (Fsp3) is 0.583. The van der Waals surface area contributed by atoms with Crippen molar-refractivity contribution >= 4 is 70.5 Å². The molecule has 0 aliphatic carbocycles. The van der Waals surface area contributed by atoms with Gasteiger partial charge in [-0.3, -0.25) is 14.4 Å². The number of carbonyl (C=O) groups is 6. The quantitative estimate of drug-likeness (QED) is 0.203. The van der Waals surface area contributed by atoms with Crippen molar-refractivity contribution in [2.75, 3.05) is 0 Å². The van der Waals surface area contributed by atoms with Gasteiger partial charge in [0.2, 0.25) is 0 Å². The van der Waals surface area contributed by atoms with Crippen molar-refractivity contribution in [1.29, 1.82) is 0 Å². The molecule has 3 rings (SSSR count). The van der Waals surface area contributed by atoms with Crippen LogP contribution in [0.25, 0.3) is 0 Å². The SMILES string of the molecule is C/C(C(=O)[O-])=C(\C)C1=NC(=O)C(C)(C(C)C)N1.CC(C(=O)[O-])=C(C)C1=NC(=O)C(C)(C(C)C)N1.CC(C(=O)[O-])=C(C)C1=NC(=O)C(C)(C(C)C)N1.[Al+3]. The number of nitrogens with zero attached hydrogens (tertiary/aromatic N) is 3. The van der Waals surface area contributed by atoms with Gasteiger partial charge in [0, 0.05) is 0 Å². The normalized spacial score (nSPS) is 25.0.